The van der Waals surface area contributed by atoms with E-state index in [-0.39, 0.29) is 0 Å². The molecule has 2 rings (SSSR count). The number of rotatable bonds is 5. The maximum Gasteiger partial charge on any atom is 0.151 e. The number of aromatic nitrogens is 2. The number of hydrogen-bond acceptors (Lipinski definition) is 5. The standard InChI is InChI=1S/C13H18N4S/c1-10(2)17(9-12-4-3-7-18-12)13-6-5-11(8-14)15-16-13/h3-7,10H,8-9,14H2,1-2H3. The highest BCUT2D eigenvalue weighted by Gasteiger charge is 2.13. The molecule has 0 amide bonds. The molecule has 0 saturated carbocycles. The molecule has 96 valence electrons. The fraction of sp³-hybridized carbons (Fsp3) is 0.385. The van der Waals surface area contributed by atoms with Crippen molar-refractivity contribution in [2.24, 2.45) is 5.73 Å². The van der Waals surface area contributed by atoms with Gasteiger partial charge >= 0.3 is 0 Å². The third-order valence-corrected chi connectivity index (χ3v) is 3.60. The van der Waals surface area contributed by atoms with E-state index in [4.69, 9.17) is 5.73 Å². The van der Waals surface area contributed by atoms with Gasteiger partial charge in [-0.25, -0.2) is 0 Å². The summed E-state index contributed by atoms with van der Waals surface area (Å²) in [5.74, 6) is 0.899. The van der Waals surface area contributed by atoms with Crippen LogP contribution in [0.5, 0.6) is 0 Å². The van der Waals surface area contributed by atoms with Gasteiger partial charge < -0.3 is 10.6 Å². The Morgan fingerprint density at radius 2 is 2.11 bits per heavy atom. The van der Waals surface area contributed by atoms with Crippen LogP contribution < -0.4 is 10.6 Å². The van der Waals surface area contributed by atoms with Crippen molar-refractivity contribution in [2.75, 3.05) is 4.90 Å². The second kappa shape index (κ2) is 5.93. The van der Waals surface area contributed by atoms with Crippen molar-refractivity contribution < 1.29 is 0 Å². The van der Waals surface area contributed by atoms with Gasteiger partial charge in [0, 0.05) is 17.5 Å². The molecule has 0 unspecified atom stereocenters. The van der Waals surface area contributed by atoms with E-state index in [1.165, 1.54) is 4.88 Å². The molecule has 18 heavy (non-hydrogen) atoms. The first-order valence-electron chi connectivity index (χ1n) is 6.02. The Hall–Kier alpha value is -1.46. The maximum absolute atomic E-state index is 5.53. The number of nitrogens with zero attached hydrogens (tertiary/aromatic N) is 3. The largest absolute Gasteiger partial charge is 0.348 e. The van der Waals surface area contributed by atoms with Crippen molar-refractivity contribution in [1.29, 1.82) is 0 Å². The Bertz CT molecular complexity index is 464. The third kappa shape index (κ3) is 3.05. The van der Waals surface area contributed by atoms with Crippen LogP contribution in [-0.2, 0) is 13.1 Å². The van der Waals surface area contributed by atoms with Gasteiger partial charge in [0.15, 0.2) is 5.82 Å². The first-order valence-corrected chi connectivity index (χ1v) is 6.90. The highest BCUT2D eigenvalue weighted by atomic mass is 32.1. The molecule has 0 saturated heterocycles. The van der Waals surface area contributed by atoms with Gasteiger partial charge in [-0.3, -0.25) is 0 Å². The minimum Gasteiger partial charge on any atom is -0.348 e. The number of thiophene rings is 1. The van der Waals surface area contributed by atoms with E-state index in [2.05, 4.69) is 46.5 Å². The lowest BCUT2D eigenvalue weighted by atomic mass is 10.3. The molecule has 0 atom stereocenters. The van der Waals surface area contributed by atoms with Gasteiger partial charge in [0.1, 0.15) is 0 Å². The molecule has 5 heteroatoms. The normalized spacial score (nSPS) is 10.9. The summed E-state index contributed by atoms with van der Waals surface area (Å²) in [6.45, 7) is 5.62. The monoisotopic (exact) mass is 262 g/mol. The van der Waals surface area contributed by atoms with E-state index in [9.17, 15) is 0 Å². The molecule has 0 aromatic carbocycles. The van der Waals surface area contributed by atoms with Crippen LogP contribution in [0.4, 0.5) is 5.82 Å². The molecule has 2 heterocycles. The van der Waals surface area contributed by atoms with Crippen molar-refractivity contribution in [3.05, 3.63) is 40.2 Å². The van der Waals surface area contributed by atoms with Gasteiger partial charge in [-0.15, -0.1) is 16.4 Å². The van der Waals surface area contributed by atoms with E-state index in [1.54, 1.807) is 11.3 Å². The summed E-state index contributed by atoms with van der Waals surface area (Å²) in [7, 11) is 0. The van der Waals surface area contributed by atoms with Crippen LogP contribution in [0.1, 0.15) is 24.4 Å². The van der Waals surface area contributed by atoms with Crippen molar-refractivity contribution in [2.45, 2.75) is 33.0 Å². The lowest BCUT2D eigenvalue weighted by molar-refractivity contribution is 0.668. The minimum absolute atomic E-state index is 0.380. The highest BCUT2D eigenvalue weighted by Crippen LogP contribution is 2.19. The number of anilines is 1. The fourth-order valence-corrected chi connectivity index (χ4v) is 2.42. The Balaban J connectivity index is 2.18. The molecule has 2 aromatic rings. The molecular weight excluding hydrogens is 244 g/mol. The molecule has 4 nitrogen and oxygen atoms in total. The van der Waals surface area contributed by atoms with Gasteiger partial charge in [0.25, 0.3) is 0 Å². The fourth-order valence-electron chi connectivity index (χ4n) is 1.71. The van der Waals surface area contributed by atoms with E-state index in [0.717, 1.165) is 18.1 Å². The molecule has 0 fully saturated rings. The summed E-state index contributed by atoms with van der Waals surface area (Å²) in [5, 5.41) is 10.5. The van der Waals surface area contributed by atoms with Crippen LogP contribution in [-0.4, -0.2) is 16.2 Å². The molecule has 0 spiro atoms. The highest BCUT2D eigenvalue weighted by molar-refractivity contribution is 7.09. The van der Waals surface area contributed by atoms with Crippen molar-refractivity contribution >= 4 is 17.2 Å². The third-order valence-electron chi connectivity index (χ3n) is 2.74. The number of nitrogens with two attached hydrogens (primary N) is 1. The summed E-state index contributed by atoms with van der Waals surface area (Å²) >= 11 is 1.76. The van der Waals surface area contributed by atoms with E-state index in [1.807, 2.05) is 12.1 Å². The predicted octanol–water partition coefficient (Wildman–Crippen LogP) is 2.41. The SMILES string of the molecule is CC(C)N(Cc1cccs1)c1ccc(CN)nn1. The Morgan fingerprint density at radius 1 is 1.28 bits per heavy atom. The van der Waals surface area contributed by atoms with E-state index < -0.39 is 0 Å². The molecule has 0 aliphatic heterocycles. The molecule has 0 aliphatic rings. The lowest BCUT2D eigenvalue weighted by Crippen LogP contribution is -2.30. The Labute approximate surface area is 111 Å². The molecule has 0 bridgehead atoms. The van der Waals surface area contributed by atoms with Crippen LogP contribution in [0.15, 0.2) is 29.6 Å². The molecule has 0 aliphatic carbocycles. The van der Waals surface area contributed by atoms with Crippen LogP contribution >= 0.6 is 11.3 Å². The average molecular weight is 262 g/mol. The van der Waals surface area contributed by atoms with Crippen LogP contribution in [0.3, 0.4) is 0 Å². The summed E-state index contributed by atoms with van der Waals surface area (Å²) in [6.07, 6.45) is 0. The zero-order chi connectivity index (χ0) is 13.0. The lowest BCUT2D eigenvalue weighted by Gasteiger charge is -2.26. The summed E-state index contributed by atoms with van der Waals surface area (Å²) in [6, 6.07) is 8.52. The summed E-state index contributed by atoms with van der Waals surface area (Å²) < 4.78 is 0. The first kappa shape index (κ1) is 13.0. The predicted molar refractivity (Wildman–Crippen MR) is 75.6 cm³/mol. The van der Waals surface area contributed by atoms with Crippen LogP contribution in [0, 0.1) is 0 Å². The second-order valence-electron chi connectivity index (χ2n) is 4.39. The van der Waals surface area contributed by atoms with Gasteiger partial charge in [0.2, 0.25) is 0 Å². The summed E-state index contributed by atoms with van der Waals surface area (Å²) in [5.41, 5.74) is 6.35. The second-order valence-corrected chi connectivity index (χ2v) is 5.42. The number of hydrogen-bond donors (Lipinski definition) is 1. The van der Waals surface area contributed by atoms with Gasteiger partial charge in [-0.05, 0) is 37.4 Å². The van der Waals surface area contributed by atoms with E-state index in [0.29, 0.717) is 12.6 Å². The zero-order valence-corrected chi connectivity index (χ0v) is 11.5. The average Bonchev–Trinajstić information content (AvgIpc) is 2.89. The molecule has 2 N–H and O–H groups in total. The quantitative estimate of drug-likeness (QED) is 0.899. The van der Waals surface area contributed by atoms with Crippen LogP contribution in [0.25, 0.3) is 0 Å². The van der Waals surface area contributed by atoms with Gasteiger partial charge in [-0.2, -0.15) is 5.10 Å². The Morgan fingerprint density at radius 3 is 2.61 bits per heavy atom. The van der Waals surface area contributed by atoms with Crippen molar-refractivity contribution in [3.8, 4) is 0 Å². The summed E-state index contributed by atoms with van der Waals surface area (Å²) in [4.78, 5) is 3.56. The van der Waals surface area contributed by atoms with Gasteiger partial charge in [-0.1, -0.05) is 6.07 Å². The molecule has 0 radical (unpaired) electrons. The first-order chi connectivity index (χ1) is 8.70. The van der Waals surface area contributed by atoms with E-state index >= 15 is 0 Å². The minimum atomic E-state index is 0.380. The van der Waals surface area contributed by atoms with Crippen LogP contribution in [0.2, 0.25) is 0 Å². The zero-order valence-electron chi connectivity index (χ0n) is 10.7. The maximum atomic E-state index is 5.53. The topological polar surface area (TPSA) is 55.0 Å². The van der Waals surface area contributed by atoms with Gasteiger partial charge in [0.05, 0.1) is 12.2 Å². The van der Waals surface area contributed by atoms with Crippen molar-refractivity contribution in [1.82, 2.24) is 10.2 Å². The molecular formula is C13H18N4S. The smallest absolute Gasteiger partial charge is 0.151 e. The Kier molecular flexibility index (Phi) is 4.28. The van der Waals surface area contributed by atoms with Crippen molar-refractivity contribution in [3.63, 3.8) is 0 Å². The molecule has 2 aromatic heterocycles.